The summed E-state index contributed by atoms with van der Waals surface area (Å²) in [7, 11) is -3.66. The van der Waals surface area contributed by atoms with Crippen LogP contribution in [0.5, 0.6) is 0 Å². The first-order chi connectivity index (χ1) is 16.4. The molecule has 0 bridgehead atoms. The van der Waals surface area contributed by atoms with Crippen LogP contribution in [0.3, 0.4) is 0 Å². The molecule has 10 heteroatoms. The monoisotopic (exact) mass is 495 g/mol. The van der Waals surface area contributed by atoms with E-state index < -0.39 is 10.0 Å². The molecule has 0 N–H and O–H groups in total. The number of hydrogen-bond acceptors (Lipinski definition) is 8. The molecule has 0 atom stereocenters. The molecule has 176 valence electrons. The number of anilines is 1. The second kappa shape index (κ2) is 8.14. The molecule has 1 aliphatic heterocycles. The summed E-state index contributed by atoms with van der Waals surface area (Å²) in [6, 6.07) is 10.3. The van der Waals surface area contributed by atoms with Gasteiger partial charge in [-0.2, -0.15) is 4.31 Å². The molecule has 0 spiro atoms. The number of sulfonamides is 1. The van der Waals surface area contributed by atoms with E-state index >= 15 is 0 Å². The maximum Gasteiger partial charge on any atom is 0.248 e. The van der Waals surface area contributed by atoms with E-state index in [0.717, 1.165) is 45.8 Å². The number of rotatable bonds is 5. The van der Waals surface area contributed by atoms with Gasteiger partial charge in [0.1, 0.15) is 27.1 Å². The number of aryl methyl sites for hydroxylation is 2. The van der Waals surface area contributed by atoms with E-state index in [9.17, 15) is 8.42 Å². The molecule has 2 fully saturated rings. The van der Waals surface area contributed by atoms with Crippen molar-refractivity contribution in [3.63, 3.8) is 0 Å². The standard InChI is InChI=1S/C24H25N5O3S2/c1-15-21(16(2)32-27-15)34(30,31)29-12-10-28(11-13-29)23-20-19(17-6-4-3-5-7-17)14-33-24(20)26-22(25-23)18-8-9-18/h3-7,14,18H,8-13H2,1-2H3. The van der Waals surface area contributed by atoms with E-state index in [-0.39, 0.29) is 4.90 Å². The van der Waals surface area contributed by atoms with Gasteiger partial charge in [0.05, 0.1) is 5.39 Å². The van der Waals surface area contributed by atoms with Crippen LogP contribution in [0.2, 0.25) is 0 Å². The van der Waals surface area contributed by atoms with Gasteiger partial charge in [-0.15, -0.1) is 11.3 Å². The third-order valence-corrected chi connectivity index (χ3v) is 9.58. The van der Waals surface area contributed by atoms with Crippen molar-refractivity contribution >= 4 is 37.4 Å². The fraction of sp³-hybridized carbons (Fsp3) is 0.375. The lowest BCUT2D eigenvalue weighted by atomic mass is 10.1. The minimum Gasteiger partial charge on any atom is -0.360 e. The van der Waals surface area contributed by atoms with E-state index in [1.54, 1.807) is 25.2 Å². The Balaban J connectivity index is 1.35. The van der Waals surface area contributed by atoms with E-state index in [1.807, 2.05) is 18.2 Å². The molecule has 4 aromatic rings. The van der Waals surface area contributed by atoms with Crippen molar-refractivity contribution < 1.29 is 12.9 Å². The SMILES string of the molecule is Cc1noc(C)c1S(=O)(=O)N1CCN(c2nc(C3CC3)nc3scc(-c4ccccc4)c23)CC1. The molecule has 34 heavy (non-hydrogen) atoms. The van der Waals surface area contributed by atoms with Crippen LogP contribution in [0.25, 0.3) is 21.3 Å². The van der Waals surface area contributed by atoms with Crippen molar-refractivity contribution in [2.24, 2.45) is 0 Å². The summed E-state index contributed by atoms with van der Waals surface area (Å²) < 4.78 is 33.2. The average Bonchev–Trinajstić information content (AvgIpc) is 3.52. The quantitative estimate of drug-likeness (QED) is 0.406. The van der Waals surface area contributed by atoms with Crippen molar-refractivity contribution in [1.82, 2.24) is 19.4 Å². The topological polar surface area (TPSA) is 92.4 Å². The maximum atomic E-state index is 13.3. The van der Waals surface area contributed by atoms with Gasteiger partial charge in [-0.05, 0) is 32.3 Å². The molecule has 2 aliphatic rings. The second-order valence-corrected chi connectivity index (χ2v) is 11.7. The number of aromatic nitrogens is 3. The molecule has 4 heterocycles. The minimum atomic E-state index is -3.66. The van der Waals surface area contributed by atoms with Crippen LogP contribution in [0.4, 0.5) is 5.82 Å². The lowest BCUT2D eigenvalue weighted by Gasteiger charge is -2.35. The van der Waals surface area contributed by atoms with Gasteiger partial charge in [0, 0.05) is 43.0 Å². The summed E-state index contributed by atoms with van der Waals surface area (Å²) in [6.45, 7) is 5.18. The Bertz CT molecular complexity index is 1450. The van der Waals surface area contributed by atoms with Crippen LogP contribution in [-0.2, 0) is 10.0 Å². The van der Waals surface area contributed by atoms with E-state index in [1.165, 1.54) is 4.31 Å². The van der Waals surface area contributed by atoms with Crippen molar-refractivity contribution in [1.29, 1.82) is 0 Å². The van der Waals surface area contributed by atoms with E-state index in [2.05, 4.69) is 27.6 Å². The molecule has 1 aromatic carbocycles. The predicted octanol–water partition coefficient (Wildman–Crippen LogP) is 4.35. The summed E-state index contributed by atoms with van der Waals surface area (Å²) in [5.41, 5.74) is 2.67. The lowest BCUT2D eigenvalue weighted by molar-refractivity contribution is 0.378. The van der Waals surface area contributed by atoms with Gasteiger partial charge in [-0.1, -0.05) is 35.5 Å². The molecular weight excluding hydrogens is 470 g/mol. The Morgan fingerprint density at radius 1 is 1.03 bits per heavy atom. The predicted molar refractivity (Wildman–Crippen MR) is 132 cm³/mol. The molecule has 0 radical (unpaired) electrons. The second-order valence-electron chi connectivity index (χ2n) is 8.92. The van der Waals surface area contributed by atoms with Crippen molar-refractivity contribution in [3.8, 4) is 11.1 Å². The Kier molecular flexibility index (Phi) is 5.20. The zero-order chi connectivity index (χ0) is 23.4. The van der Waals surface area contributed by atoms with Crippen molar-refractivity contribution in [2.45, 2.75) is 37.5 Å². The van der Waals surface area contributed by atoms with Crippen molar-refractivity contribution in [3.05, 3.63) is 53.0 Å². The molecule has 0 unspecified atom stereocenters. The molecule has 6 rings (SSSR count). The lowest BCUT2D eigenvalue weighted by Crippen LogP contribution is -2.49. The average molecular weight is 496 g/mol. The third-order valence-electron chi connectivity index (χ3n) is 6.56. The van der Waals surface area contributed by atoms with Gasteiger partial charge in [0.25, 0.3) is 0 Å². The Hall–Kier alpha value is -2.82. The van der Waals surface area contributed by atoms with Crippen molar-refractivity contribution in [2.75, 3.05) is 31.1 Å². The zero-order valence-corrected chi connectivity index (χ0v) is 20.7. The number of piperazine rings is 1. The van der Waals surface area contributed by atoms with E-state index in [0.29, 0.717) is 43.6 Å². The van der Waals surface area contributed by atoms with Gasteiger partial charge in [0.15, 0.2) is 5.76 Å². The molecule has 3 aromatic heterocycles. The zero-order valence-electron chi connectivity index (χ0n) is 19.1. The molecule has 1 aliphatic carbocycles. The number of benzene rings is 1. The Morgan fingerprint density at radius 2 is 1.76 bits per heavy atom. The summed E-state index contributed by atoms with van der Waals surface area (Å²) in [6.07, 6.45) is 2.26. The maximum absolute atomic E-state index is 13.3. The van der Waals surface area contributed by atoms with Gasteiger partial charge in [-0.3, -0.25) is 0 Å². The summed E-state index contributed by atoms with van der Waals surface area (Å²) in [5, 5.41) is 7.05. The summed E-state index contributed by atoms with van der Waals surface area (Å²) in [5.74, 6) is 2.60. The smallest absolute Gasteiger partial charge is 0.248 e. The highest BCUT2D eigenvalue weighted by atomic mass is 32.2. The van der Waals surface area contributed by atoms with Gasteiger partial charge >= 0.3 is 0 Å². The van der Waals surface area contributed by atoms with Gasteiger partial charge < -0.3 is 9.42 Å². The molecule has 1 saturated carbocycles. The first-order valence-electron chi connectivity index (χ1n) is 11.5. The first-order valence-corrected chi connectivity index (χ1v) is 13.8. The summed E-state index contributed by atoms with van der Waals surface area (Å²) in [4.78, 5) is 13.3. The number of hydrogen-bond donors (Lipinski definition) is 0. The van der Waals surface area contributed by atoms with Crippen LogP contribution in [-0.4, -0.2) is 54.0 Å². The van der Waals surface area contributed by atoms with Crippen LogP contribution in [0.15, 0.2) is 45.1 Å². The Morgan fingerprint density at radius 3 is 2.41 bits per heavy atom. The highest BCUT2D eigenvalue weighted by molar-refractivity contribution is 7.89. The normalized spacial score (nSPS) is 17.5. The molecule has 1 saturated heterocycles. The van der Waals surface area contributed by atoms with Gasteiger partial charge in [0.2, 0.25) is 10.0 Å². The molecule has 8 nitrogen and oxygen atoms in total. The largest absolute Gasteiger partial charge is 0.360 e. The Labute approximate surface area is 202 Å². The highest BCUT2D eigenvalue weighted by Gasteiger charge is 2.35. The van der Waals surface area contributed by atoms with Gasteiger partial charge in [-0.25, -0.2) is 18.4 Å². The number of fused-ring (bicyclic) bond motifs is 1. The minimum absolute atomic E-state index is 0.186. The van der Waals surface area contributed by atoms with Crippen LogP contribution in [0.1, 0.15) is 36.0 Å². The van der Waals surface area contributed by atoms with Crippen LogP contribution >= 0.6 is 11.3 Å². The highest BCUT2D eigenvalue weighted by Crippen LogP contribution is 2.43. The van der Waals surface area contributed by atoms with Crippen LogP contribution < -0.4 is 4.90 Å². The summed E-state index contributed by atoms with van der Waals surface area (Å²) >= 11 is 1.65. The van der Waals surface area contributed by atoms with Crippen LogP contribution in [0, 0.1) is 13.8 Å². The first kappa shape index (κ1) is 21.7. The third kappa shape index (κ3) is 3.60. The number of nitrogens with zero attached hydrogens (tertiary/aromatic N) is 5. The fourth-order valence-corrected chi connectivity index (χ4v) is 7.30. The number of thiophene rings is 1. The molecule has 0 amide bonds. The molecular formula is C24H25N5O3S2. The fourth-order valence-electron chi connectivity index (χ4n) is 4.63. The van der Waals surface area contributed by atoms with E-state index in [4.69, 9.17) is 14.5 Å².